The van der Waals surface area contributed by atoms with Crippen LogP contribution in [0.15, 0.2) is 88.4 Å². The minimum Gasteiger partial charge on any atom is -0.489 e. The Balaban J connectivity index is 1.20. The van der Waals surface area contributed by atoms with Crippen LogP contribution in [-0.4, -0.2) is 29.8 Å². The largest absolute Gasteiger partial charge is 0.489 e. The van der Waals surface area contributed by atoms with Gasteiger partial charge in [0.25, 0.3) is 5.91 Å². The number of halogens is 1. The molecule has 4 aromatic rings. The van der Waals surface area contributed by atoms with Crippen molar-refractivity contribution in [3.05, 3.63) is 111 Å². The molecule has 1 aliphatic heterocycles. The maximum Gasteiger partial charge on any atom is 0.271 e. The Labute approximate surface area is 232 Å². The monoisotopic (exact) mass is 570 g/mol. The number of rotatable bonds is 8. The van der Waals surface area contributed by atoms with Gasteiger partial charge in [-0.2, -0.15) is 5.10 Å². The highest BCUT2D eigenvalue weighted by atomic mass is 79.9. The molecule has 1 N–H and O–H groups in total. The number of hydrogen-bond donors (Lipinski definition) is 1. The summed E-state index contributed by atoms with van der Waals surface area (Å²) in [6.07, 6.45) is 4.15. The summed E-state index contributed by atoms with van der Waals surface area (Å²) in [7, 11) is 0. The molecule has 0 radical (unpaired) electrons. The Hall–Kier alpha value is -3.84. The third kappa shape index (κ3) is 6.00. The lowest BCUT2D eigenvalue weighted by Crippen LogP contribution is -2.19. The van der Waals surface area contributed by atoms with Crippen molar-refractivity contribution in [1.29, 1.82) is 0 Å². The van der Waals surface area contributed by atoms with Gasteiger partial charge in [0, 0.05) is 51.5 Å². The molecule has 3 aromatic carbocycles. The fourth-order valence-electron chi connectivity index (χ4n) is 4.78. The molecule has 0 spiro atoms. The number of carbonyl (C=O) groups excluding carboxylic acids is 1. The quantitative estimate of drug-likeness (QED) is 0.187. The molecule has 2 heterocycles. The van der Waals surface area contributed by atoms with Gasteiger partial charge in [-0.3, -0.25) is 4.79 Å². The normalized spacial score (nSPS) is 13.3. The number of carbonyl (C=O) groups is 1. The minimum absolute atomic E-state index is 0.221. The highest BCUT2D eigenvalue weighted by Gasteiger charge is 2.13. The molecule has 1 fully saturated rings. The summed E-state index contributed by atoms with van der Waals surface area (Å²) in [4.78, 5) is 14.9. The first-order valence-electron chi connectivity index (χ1n) is 12.8. The summed E-state index contributed by atoms with van der Waals surface area (Å²) < 4.78 is 9.16. The Kier molecular flexibility index (Phi) is 7.94. The number of benzene rings is 3. The van der Waals surface area contributed by atoms with Crippen molar-refractivity contribution in [1.82, 2.24) is 9.99 Å². The van der Waals surface area contributed by atoms with Crippen molar-refractivity contribution in [3.63, 3.8) is 0 Å². The van der Waals surface area contributed by atoms with Crippen LogP contribution in [0.1, 0.15) is 45.7 Å². The minimum atomic E-state index is -0.221. The second kappa shape index (κ2) is 11.7. The van der Waals surface area contributed by atoms with Gasteiger partial charge in [-0.15, -0.1) is 0 Å². The topological polar surface area (TPSA) is 58.9 Å². The van der Waals surface area contributed by atoms with Gasteiger partial charge in [-0.05, 0) is 99.0 Å². The summed E-state index contributed by atoms with van der Waals surface area (Å²) >= 11 is 3.46. The molecule has 38 heavy (non-hydrogen) atoms. The fourth-order valence-corrected chi connectivity index (χ4v) is 5.04. The van der Waals surface area contributed by atoms with E-state index in [9.17, 15) is 4.79 Å². The van der Waals surface area contributed by atoms with E-state index in [-0.39, 0.29) is 5.91 Å². The molecular weight excluding hydrogens is 540 g/mol. The zero-order valence-electron chi connectivity index (χ0n) is 21.7. The molecular formula is C31H31BrN4O2. The molecule has 7 heteroatoms. The lowest BCUT2D eigenvalue weighted by molar-refractivity contribution is 0.0955. The van der Waals surface area contributed by atoms with Crippen molar-refractivity contribution in [2.24, 2.45) is 5.10 Å². The van der Waals surface area contributed by atoms with Gasteiger partial charge in [0.1, 0.15) is 12.4 Å². The van der Waals surface area contributed by atoms with Gasteiger partial charge in [-0.1, -0.05) is 28.1 Å². The van der Waals surface area contributed by atoms with Crippen molar-refractivity contribution in [3.8, 4) is 11.4 Å². The first kappa shape index (κ1) is 25.8. The standard InChI is InChI=1S/C31H31BrN4O2/c1-22-19-26(20-33-34-31(37)25-7-11-28(12-8-25)35-17-3-4-18-35)23(2)36(22)29-13-15-30(16-14-29)38-21-24-5-9-27(32)10-6-24/h5-16,19-20H,3-4,17-18,21H2,1-2H3,(H,34,37)/b33-20-. The van der Waals surface area contributed by atoms with E-state index in [1.54, 1.807) is 6.21 Å². The lowest BCUT2D eigenvalue weighted by Gasteiger charge is -2.17. The number of aryl methyl sites for hydroxylation is 1. The van der Waals surface area contributed by atoms with Gasteiger partial charge in [0.15, 0.2) is 0 Å². The number of nitrogens with zero attached hydrogens (tertiary/aromatic N) is 3. The lowest BCUT2D eigenvalue weighted by atomic mass is 10.2. The van der Waals surface area contributed by atoms with Crippen LogP contribution in [0.25, 0.3) is 5.69 Å². The maximum atomic E-state index is 12.6. The van der Waals surface area contributed by atoms with Crippen molar-refractivity contribution in [2.75, 3.05) is 18.0 Å². The van der Waals surface area contributed by atoms with Crippen molar-refractivity contribution in [2.45, 2.75) is 33.3 Å². The van der Waals surface area contributed by atoms with Crippen LogP contribution < -0.4 is 15.1 Å². The zero-order valence-corrected chi connectivity index (χ0v) is 23.2. The number of anilines is 1. The average Bonchev–Trinajstić information content (AvgIpc) is 3.57. The van der Waals surface area contributed by atoms with Crippen LogP contribution in [-0.2, 0) is 6.61 Å². The maximum absolute atomic E-state index is 12.6. The molecule has 0 saturated carbocycles. The van der Waals surface area contributed by atoms with Crippen LogP contribution in [0.5, 0.6) is 5.75 Å². The third-order valence-corrected chi connectivity index (χ3v) is 7.38. The van der Waals surface area contributed by atoms with Crippen molar-refractivity contribution >= 4 is 33.7 Å². The predicted molar refractivity (Wildman–Crippen MR) is 157 cm³/mol. The Bertz CT molecular complexity index is 1420. The van der Waals surface area contributed by atoms with Gasteiger partial charge in [-0.25, -0.2) is 5.43 Å². The zero-order chi connectivity index (χ0) is 26.5. The highest BCUT2D eigenvalue weighted by Crippen LogP contribution is 2.23. The Morgan fingerprint density at radius 3 is 2.29 bits per heavy atom. The molecule has 1 saturated heterocycles. The summed E-state index contributed by atoms with van der Waals surface area (Å²) in [5.41, 5.74) is 9.64. The second-order valence-corrected chi connectivity index (χ2v) is 10.4. The molecule has 1 amide bonds. The number of hydrazone groups is 1. The Morgan fingerprint density at radius 2 is 1.61 bits per heavy atom. The van der Waals surface area contributed by atoms with E-state index in [0.29, 0.717) is 12.2 Å². The van der Waals surface area contributed by atoms with Crippen molar-refractivity contribution < 1.29 is 9.53 Å². The number of ether oxygens (including phenoxy) is 1. The van der Waals surface area contributed by atoms with E-state index in [4.69, 9.17) is 4.74 Å². The number of amides is 1. The molecule has 1 aromatic heterocycles. The van der Waals surface area contributed by atoms with Gasteiger partial charge in [0.05, 0.1) is 6.21 Å². The third-order valence-electron chi connectivity index (χ3n) is 6.85. The van der Waals surface area contributed by atoms with Crippen LogP contribution in [0.2, 0.25) is 0 Å². The smallest absolute Gasteiger partial charge is 0.271 e. The molecule has 0 bridgehead atoms. The molecule has 0 aliphatic carbocycles. The number of hydrogen-bond acceptors (Lipinski definition) is 4. The van der Waals surface area contributed by atoms with Gasteiger partial charge < -0.3 is 14.2 Å². The number of aromatic nitrogens is 1. The fraction of sp³-hybridized carbons (Fsp3) is 0.226. The summed E-state index contributed by atoms with van der Waals surface area (Å²) in [6, 6.07) is 26.0. The summed E-state index contributed by atoms with van der Waals surface area (Å²) in [5, 5.41) is 4.23. The first-order valence-corrected chi connectivity index (χ1v) is 13.6. The molecule has 0 atom stereocenters. The van der Waals surface area contributed by atoms with E-state index in [1.165, 1.54) is 18.5 Å². The van der Waals surface area contributed by atoms with Gasteiger partial charge >= 0.3 is 0 Å². The first-order chi connectivity index (χ1) is 18.5. The van der Waals surface area contributed by atoms with E-state index < -0.39 is 0 Å². The van der Waals surface area contributed by atoms with Gasteiger partial charge in [0.2, 0.25) is 0 Å². The molecule has 5 rings (SSSR count). The van der Waals surface area contributed by atoms with E-state index in [1.807, 2.05) is 79.7 Å². The molecule has 1 aliphatic rings. The molecule has 194 valence electrons. The van der Waals surface area contributed by atoms with Crippen LogP contribution in [0, 0.1) is 13.8 Å². The summed E-state index contributed by atoms with van der Waals surface area (Å²) in [5.74, 6) is 0.596. The summed E-state index contributed by atoms with van der Waals surface area (Å²) in [6.45, 7) is 6.79. The van der Waals surface area contributed by atoms with Crippen LogP contribution in [0.4, 0.5) is 5.69 Å². The molecule has 0 unspecified atom stereocenters. The Morgan fingerprint density at radius 1 is 0.947 bits per heavy atom. The van der Waals surface area contributed by atoms with E-state index in [0.717, 1.165) is 51.5 Å². The SMILES string of the molecule is Cc1cc(/C=N\NC(=O)c2ccc(N3CCCC3)cc2)c(C)n1-c1ccc(OCc2ccc(Br)cc2)cc1. The van der Waals surface area contributed by atoms with E-state index >= 15 is 0 Å². The van der Waals surface area contributed by atoms with Crippen LogP contribution >= 0.6 is 15.9 Å². The second-order valence-electron chi connectivity index (χ2n) is 9.51. The highest BCUT2D eigenvalue weighted by molar-refractivity contribution is 9.10. The molecule has 6 nitrogen and oxygen atoms in total. The predicted octanol–water partition coefficient (Wildman–Crippen LogP) is 6.80. The van der Waals surface area contributed by atoms with Crippen LogP contribution in [0.3, 0.4) is 0 Å². The van der Waals surface area contributed by atoms with E-state index in [2.05, 4.69) is 48.9 Å². The average molecular weight is 572 g/mol. The number of nitrogens with one attached hydrogen (secondary N) is 1.